The Morgan fingerprint density at radius 1 is 1.62 bits per heavy atom. The van der Waals surface area contributed by atoms with E-state index in [1.165, 1.54) is 6.42 Å². The maximum absolute atomic E-state index is 11.5. The van der Waals surface area contributed by atoms with Gasteiger partial charge in [-0.1, -0.05) is 26.7 Å². The second kappa shape index (κ2) is 6.51. The summed E-state index contributed by atoms with van der Waals surface area (Å²) in [7, 11) is 0. The van der Waals surface area contributed by atoms with Crippen molar-refractivity contribution in [3.63, 3.8) is 0 Å². The van der Waals surface area contributed by atoms with E-state index in [2.05, 4.69) is 19.2 Å². The predicted octanol–water partition coefficient (Wildman–Crippen LogP) is 1.63. The normalized spacial score (nSPS) is 21.6. The average Bonchev–Trinajstić information content (AvgIpc) is 2.69. The molecular weight excluding hydrogens is 206 g/mol. The number of rotatable bonds is 6. The largest absolute Gasteiger partial charge is 0.464 e. The Bertz CT molecular complexity index is 253. The molecule has 0 bridgehead atoms. The highest BCUT2D eigenvalue weighted by atomic mass is 16.5. The van der Waals surface area contributed by atoms with Crippen LogP contribution in [0.5, 0.6) is 0 Å². The van der Waals surface area contributed by atoms with Crippen LogP contribution in [-0.2, 0) is 14.3 Å². The maximum Gasteiger partial charge on any atom is 0.328 e. The lowest BCUT2D eigenvalue weighted by Gasteiger charge is -2.14. The molecule has 92 valence electrons. The van der Waals surface area contributed by atoms with Crippen molar-refractivity contribution < 1.29 is 14.3 Å². The van der Waals surface area contributed by atoms with Crippen molar-refractivity contribution >= 4 is 11.9 Å². The minimum absolute atomic E-state index is 0.0546. The van der Waals surface area contributed by atoms with Crippen LogP contribution in [0.25, 0.3) is 0 Å². The van der Waals surface area contributed by atoms with Crippen molar-refractivity contribution in [2.45, 2.75) is 52.0 Å². The molecule has 4 heteroatoms. The van der Waals surface area contributed by atoms with Gasteiger partial charge in [-0.3, -0.25) is 4.79 Å². The standard InChI is InChI=1S/C12H21NO3/c1-3-4-5-9(2)8-16-12(15)10-6-7-11(14)13-10/h9-10H,3-8H2,1-2H3,(H,13,14)/t9?,10-/m0/s1. The van der Waals surface area contributed by atoms with E-state index in [0.29, 0.717) is 25.4 Å². The van der Waals surface area contributed by atoms with E-state index in [1.807, 2.05) is 0 Å². The molecule has 0 aromatic heterocycles. The molecule has 4 nitrogen and oxygen atoms in total. The average molecular weight is 227 g/mol. The summed E-state index contributed by atoms with van der Waals surface area (Å²) in [5.41, 5.74) is 0. The van der Waals surface area contributed by atoms with Gasteiger partial charge < -0.3 is 10.1 Å². The van der Waals surface area contributed by atoms with Gasteiger partial charge >= 0.3 is 5.97 Å². The zero-order valence-electron chi connectivity index (χ0n) is 10.1. The number of carbonyl (C=O) groups is 2. The van der Waals surface area contributed by atoms with Crippen molar-refractivity contribution in [1.29, 1.82) is 0 Å². The van der Waals surface area contributed by atoms with Crippen LogP contribution in [0.1, 0.15) is 46.0 Å². The lowest BCUT2D eigenvalue weighted by molar-refractivity contribution is -0.147. The molecule has 1 aliphatic heterocycles. The van der Waals surface area contributed by atoms with Gasteiger partial charge in [-0.15, -0.1) is 0 Å². The lowest BCUT2D eigenvalue weighted by Crippen LogP contribution is -2.35. The van der Waals surface area contributed by atoms with Crippen LogP contribution in [-0.4, -0.2) is 24.5 Å². The molecule has 1 heterocycles. The first-order chi connectivity index (χ1) is 7.63. The third-order valence-electron chi connectivity index (χ3n) is 2.84. The van der Waals surface area contributed by atoms with Crippen molar-refractivity contribution in [3.8, 4) is 0 Å². The quantitative estimate of drug-likeness (QED) is 0.702. The number of unbranched alkanes of at least 4 members (excludes halogenated alkanes) is 1. The third-order valence-corrected chi connectivity index (χ3v) is 2.84. The van der Waals surface area contributed by atoms with Gasteiger partial charge in [-0.25, -0.2) is 4.79 Å². The van der Waals surface area contributed by atoms with E-state index in [4.69, 9.17) is 4.74 Å². The van der Waals surface area contributed by atoms with E-state index in [0.717, 1.165) is 12.8 Å². The summed E-state index contributed by atoms with van der Waals surface area (Å²) >= 11 is 0. The highest BCUT2D eigenvalue weighted by molar-refractivity contribution is 5.87. The van der Waals surface area contributed by atoms with Crippen molar-refractivity contribution in [1.82, 2.24) is 5.32 Å². The number of carbonyl (C=O) groups excluding carboxylic acids is 2. The van der Waals surface area contributed by atoms with Gasteiger partial charge in [0.15, 0.2) is 0 Å². The number of amides is 1. The first kappa shape index (κ1) is 13.0. The Hall–Kier alpha value is -1.06. The van der Waals surface area contributed by atoms with Gasteiger partial charge in [0.25, 0.3) is 0 Å². The Morgan fingerprint density at radius 3 is 2.94 bits per heavy atom. The Kier molecular flexibility index (Phi) is 5.29. The summed E-state index contributed by atoms with van der Waals surface area (Å²) in [6, 6.07) is -0.411. The van der Waals surface area contributed by atoms with E-state index < -0.39 is 6.04 Å². The Balaban J connectivity index is 2.17. The summed E-state index contributed by atoms with van der Waals surface area (Å²) in [6.45, 7) is 4.69. The first-order valence-electron chi connectivity index (χ1n) is 6.09. The predicted molar refractivity (Wildman–Crippen MR) is 60.8 cm³/mol. The molecule has 0 aromatic carbocycles. The van der Waals surface area contributed by atoms with Gasteiger partial charge in [-0.2, -0.15) is 0 Å². The number of nitrogens with one attached hydrogen (secondary N) is 1. The van der Waals surface area contributed by atoms with Crippen LogP contribution in [0.15, 0.2) is 0 Å². The van der Waals surface area contributed by atoms with Crippen molar-refractivity contribution in [2.24, 2.45) is 5.92 Å². The van der Waals surface area contributed by atoms with E-state index in [-0.39, 0.29) is 11.9 Å². The molecule has 1 fully saturated rings. The highest BCUT2D eigenvalue weighted by Gasteiger charge is 2.28. The molecule has 0 aliphatic carbocycles. The van der Waals surface area contributed by atoms with Crippen LogP contribution in [0, 0.1) is 5.92 Å². The summed E-state index contributed by atoms with van der Waals surface area (Å²) < 4.78 is 5.18. The van der Waals surface area contributed by atoms with Gasteiger partial charge in [0.2, 0.25) is 5.91 Å². The van der Waals surface area contributed by atoms with E-state index in [1.54, 1.807) is 0 Å². The van der Waals surface area contributed by atoms with Gasteiger partial charge in [0.1, 0.15) is 6.04 Å². The fourth-order valence-electron chi connectivity index (χ4n) is 1.75. The van der Waals surface area contributed by atoms with Crippen molar-refractivity contribution in [3.05, 3.63) is 0 Å². The molecule has 1 unspecified atom stereocenters. The fraction of sp³-hybridized carbons (Fsp3) is 0.833. The number of hydrogen-bond donors (Lipinski definition) is 1. The SMILES string of the molecule is CCCCC(C)COC(=O)[C@@H]1CCC(=O)N1. The minimum atomic E-state index is -0.411. The monoisotopic (exact) mass is 227 g/mol. The molecule has 2 atom stereocenters. The molecule has 0 aromatic rings. The number of hydrogen-bond acceptors (Lipinski definition) is 3. The van der Waals surface area contributed by atoms with Gasteiger partial charge in [0, 0.05) is 6.42 Å². The van der Waals surface area contributed by atoms with Crippen LogP contribution in [0.4, 0.5) is 0 Å². The molecular formula is C12H21NO3. The third kappa shape index (κ3) is 4.21. The molecule has 1 aliphatic rings. The van der Waals surface area contributed by atoms with E-state index in [9.17, 15) is 9.59 Å². The topological polar surface area (TPSA) is 55.4 Å². The minimum Gasteiger partial charge on any atom is -0.464 e. The molecule has 16 heavy (non-hydrogen) atoms. The molecule has 1 N–H and O–H groups in total. The zero-order chi connectivity index (χ0) is 12.0. The van der Waals surface area contributed by atoms with Crippen LogP contribution in [0.3, 0.4) is 0 Å². The molecule has 1 saturated heterocycles. The Morgan fingerprint density at radius 2 is 2.38 bits per heavy atom. The zero-order valence-corrected chi connectivity index (χ0v) is 10.1. The molecule has 0 radical (unpaired) electrons. The summed E-state index contributed by atoms with van der Waals surface area (Å²) in [6.07, 6.45) is 4.42. The fourth-order valence-corrected chi connectivity index (χ4v) is 1.75. The van der Waals surface area contributed by atoms with E-state index >= 15 is 0 Å². The van der Waals surface area contributed by atoms with Crippen LogP contribution >= 0.6 is 0 Å². The maximum atomic E-state index is 11.5. The Labute approximate surface area is 96.7 Å². The summed E-state index contributed by atoms with van der Waals surface area (Å²) in [5, 5.41) is 2.61. The van der Waals surface area contributed by atoms with Crippen molar-refractivity contribution in [2.75, 3.05) is 6.61 Å². The molecule has 0 saturated carbocycles. The summed E-state index contributed by atoms with van der Waals surface area (Å²) in [5.74, 6) is 0.0659. The molecule has 1 amide bonds. The van der Waals surface area contributed by atoms with Crippen LogP contribution in [0.2, 0.25) is 0 Å². The van der Waals surface area contributed by atoms with Gasteiger partial charge in [0.05, 0.1) is 6.61 Å². The first-order valence-corrected chi connectivity index (χ1v) is 6.09. The second-order valence-electron chi connectivity index (χ2n) is 4.54. The molecule has 0 spiro atoms. The number of esters is 1. The lowest BCUT2D eigenvalue weighted by atomic mass is 10.1. The smallest absolute Gasteiger partial charge is 0.328 e. The highest BCUT2D eigenvalue weighted by Crippen LogP contribution is 2.11. The number of ether oxygens (including phenoxy) is 1. The van der Waals surface area contributed by atoms with Gasteiger partial charge in [-0.05, 0) is 18.8 Å². The summed E-state index contributed by atoms with van der Waals surface area (Å²) in [4.78, 5) is 22.5. The molecule has 1 rings (SSSR count). The second-order valence-corrected chi connectivity index (χ2v) is 4.54. The van der Waals surface area contributed by atoms with Crippen LogP contribution < -0.4 is 5.32 Å².